The lowest BCUT2D eigenvalue weighted by atomic mass is 10.0. The summed E-state index contributed by atoms with van der Waals surface area (Å²) in [6.45, 7) is 13.8. The summed E-state index contributed by atoms with van der Waals surface area (Å²) < 4.78 is 0. The van der Waals surface area contributed by atoms with Crippen LogP contribution in [0.1, 0.15) is 40.5 Å². The average Bonchev–Trinajstić information content (AvgIpc) is 2.22. The van der Waals surface area contributed by atoms with E-state index in [0.29, 0.717) is 12.0 Å². The summed E-state index contributed by atoms with van der Waals surface area (Å²) in [6, 6.07) is 0.642. The number of nitrogens with zero attached hydrogens (tertiary/aromatic N) is 1. The highest BCUT2D eigenvalue weighted by molar-refractivity contribution is 5.04. The molecule has 1 heteroatoms. The van der Waals surface area contributed by atoms with Crippen LogP contribution in [0.25, 0.3) is 0 Å². The Morgan fingerprint density at radius 2 is 1.93 bits per heavy atom. The normalized spacial score (nSPS) is 14.7. The first kappa shape index (κ1) is 14.4. The minimum absolute atomic E-state index is 0.642. The first-order valence-electron chi connectivity index (χ1n) is 5.98. The van der Waals surface area contributed by atoms with Gasteiger partial charge in [-0.15, -0.1) is 6.58 Å². The molecule has 1 unspecified atom stereocenters. The minimum Gasteiger partial charge on any atom is -0.300 e. The standard InChI is InChI=1S/C14H27N/c1-7-9-10-14(8-2)11-15(6)13(5)12(3)4/h7-8,12-13H,1,9-11H2,2-6H3/b14-8+. The van der Waals surface area contributed by atoms with Crippen molar-refractivity contribution >= 4 is 0 Å². The van der Waals surface area contributed by atoms with E-state index in [0.717, 1.165) is 19.4 Å². The Bertz CT molecular complexity index is 203. The van der Waals surface area contributed by atoms with E-state index in [1.165, 1.54) is 5.57 Å². The van der Waals surface area contributed by atoms with Crippen LogP contribution in [-0.2, 0) is 0 Å². The Kier molecular flexibility index (Phi) is 7.41. The Morgan fingerprint density at radius 1 is 1.33 bits per heavy atom. The molecule has 0 aliphatic rings. The van der Waals surface area contributed by atoms with Gasteiger partial charge in [-0.1, -0.05) is 31.6 Å². The third kappa shape index (κ3) is 5.78. The molecular formula is C14H27N. The van der Waals surface area contributed by atoms with Gasteiger partial charge in [0, 0.05) is 12.6 Å². The Labute approximate surface area is 95.9 Å². The zero-order chi connectivity index (χ0) is 11.8. The third-order valence-corrected chi connectivity index (χ3v) is 3.19. The fourth-order valence-corrected chi connectivity index (χ4v) is 1.58. The summed E-state index contributed by atoms with van der Waals surface area (Å²) in [5.74, 6) is 0.715. The van der Waals surface area contributed by atoms with Gasteiger partial charge in [0.15, 0.2) is 0 Å². The van der Waals surface area contributed by atoms with E-state index in [1.807, 2.05) is 6.08 Å². The Balaban J connectivity index is 4.12. The highest BCUT2D eigenvalue weighted by Gasteiger charge is 2.13. The van der Waals surface area contributed by atoms with Gasteiger partial charge in [0.05, 0.1) is 0 Å². The summed E-state index contributed by atoms with van der Waals surface area (Å²) in [7, 11) is 2.21. The number of hydrogen-bond acceptors (Lipinski definition) is 1. The van der Waals surface area contributed by atoms with Crippen molar-refractivity contribution in [3.05, 3.63) is 24.3 Å². The fraction of sp³-hybridized carbons (Fsp3) is 0.714. The van der Waals surface area contributed by atoms with Crippen LogP contribution in [0.4, 0.5) is 0 Å². The lowest BCUT2D eigenvalue weighted by Crippen LogP contribution is -2.34. The van der Waals surface area contributed by atoms with Crippen LogP contribution in [0, 0.1) is 5.92 Å². The molecule has 0 saturated heterocycles. The minimum atomic E-state index is 0.642. The zero-order valence-electron chi connectivity index (χ0n) is 11.1. The second-order valence-electron chi connectivity index (χ2n) is 4.67. The maximum absolute atomic E-state index is 3.77. The molecule has 0 radical (unpaired) electrons. The molecule has 15 heavy (non-hydrogen) atoms. The molecule has 0 rings (SSSR count). The lowest BCUT2D eigenvalue weighted by molar-refractivity contribution is 0.222. The molecule has 0 aromatic heterocycles. The maximum atomic E-state index is 3.77. The lowest BCUT2D eigenvalue weighted by Gasteiger charge is -2.28. The molecule has 0 spiro atoms. The highest BCUT2D eigenvalue weighted by Crippen LogP contribution is 2.13. The van der Waals surface area contributed by atoms with Crippen molar-refractivity contribution in [3.63, 3.8) is 0 Å². The van der Waals surface area contributed by atoms with E-state index in [2.05, 4.69) is 52.3 Å². The average molecular weight is 209 g/mol. The number of allylic oxidation sites excluding steroid dienone is 2. The van der Waals surface area contributed by atoms with Crippen molar-refractivity contribution in [2.45, 2.75) is 46.6 Å². The van der Waals surface area contributed by atoms with Crippen molar-refractivity contribution in [1.82, 2.24) is 4.90 Å². The second kappa shape index (κ2) is 7.70. The van der Waals surface area contributed by atoms with Crippen molar-refractivity contribution < 1.29 is 0 Å². The largest absolute Gasteiger partial charge is 0.300 e. The van der Waals surface area contributed by atoms with Crippen LogP contribution >= 0.6 is 0 Å². The van der Waals surface area contributed by atoms with Crippen LogP contribution in [0.3, 0.4) is 0 Å². The van der Waals surface area contributed by atoms with Gasteiger partial charge in [0.25, 0.3) is 0 Å². The van der Waals surface area contributed by atoms with Gasteiger partial charge < -0.3 is 0 Å². The molecule has 0 aliphatic heterocycles. The van der Waals surface area contributed by atoms with Crippen LogP contribution in [0.5, 0.6) is 0 Å². The molecular weight excluding hydrogens is 182 g/mol. The Morgan fingerprint density at radius 3 is 2.33 bits per heavy atom. The first-order chi connectivity index (χ1) is 7.02. The topological polar surface area (TPSA) is 3.24 Å². The van der Waals surface area contributed by atoms with Gasteiger partial charge >= 0.3 is 0 Å². The smallest absolute Gasteiger partial charge is 0.0192 e. The van der Waals surface area contributed by atoms with E-state index < -0.39 is 0 Å². The van der Waals surface area contributed by atoms with Crippen LogP contribution in [-0.4, -0.2) is 24.5 Å². The van der Waals surface area contributed by atoms with Gasteiger partial charge in [-0.05, 0) is 39.7 Å². The van der Waals surface area contributed by atoms with E-state index in [4.69, 9.17) is 0 Å². The molecule has 0 bridgehead atoms. The van der Waals surface area contributed by atoms with Gasteiger partial charge in [0.1, 0.15) is 0 Å². The molecule has 88 valence electrons. The molecule has 1 atom stereocenters. The summed E-state index contributed by atoms with van der Waals surface area (Å²) in [4.78, 5) is 2.43. The molecule has 0 N–H and O–H groups in total. The Hall–Kier alpha value is -0.560. The molecule has 0 amide bonds. The van der Waals surface area contributed by atoms with Crippen molar-refractivity contribution in [2.75, 3.05) is 13.6 Å². The quantitative estimate of drug-likeness (QED) is 0.575. The molecule has 1 nitrogen and oxygen atoms in total. The molecule has 0 aliphatic carbocycles. The highest BCUT2D eigenvalue weighted by atomic mass is 15.1. The van der Waals surface area contributed by atoms with E-state index >= 15 is 0 Å². The summed E-state index contributed by atoms with van der Waals surface area (Å²) in [5.41, 5.74) is 1.52. The number of hydrogen-bond donors (Lipinski definition) is 0. The van der Waals surface area contributed by atoms with Crippen LogP contribution < -0.4 is 0 Å². The van der Waals surface area contributed by atoms with E-state index in [1.54, 1.807) is 0 Å². The summed E-state index contributed by atoms with van der Waals surface area (Å²) in [6.07, 6.45) is 6.47. The van der Waals surface area contributed by atoms with E-state index in [-0.39, 0.29) is 0 Å². The molecule has 0 heterocycles. The van der Waals surface area contributed by atoms with Gasteiger partial charge in [-0.3, -0.25) is 4.90 Å². The predicted molar refractivity (Wildman–Crippen MR) is 70.1 cm³/mol. The van der Waals surface area contributed by atoms with Crippen LogP contribution in [0.2, 0.25) is 0 Å². The molecule has 0 aromatic rings. The third-order valence-electron chi connectivity index (χ3n) is 3.19. The van der Waals surface area contributed by atoms with Crippen LogP contribution in [0.15, 0.2) is 24.3 Å². The first-order valence-corrected chi connectivity index (χ1v) is 5.98. The second-order valence-corrected chi connectivity index (χ2v) is 4.67. The fourth-order valence-electron chi connectivity index (χ4n) is 1.58. The van der Waals surface area contributed by atoms with Crippen molar-refractivity contribution in [3.8, 4) is 0 Å². The van der Waals surface area contributed by atoms with E-state index in [9.17, 15) is 0 Å². The molecule has 0 aromatic carbocycles. The number of rotatable bonds is 7. The van der Waals surface area contributed by atoms with Crippen molar-refractivity contribution in [1.29, 1.82) is 0 Å². The number of likely N-dealkylation sites (N-methyl/N-ethyl adjacent to an activating group) is 1. The van der Waals surface area contributed by atoms with Gasteiger partial charge in [-0.2, -0.15) is 0 Å². The maximum Gasteiger partial charge on any atom is 0.0192 e. The molecule has 0 fully saturated rings. The zero-order valence-corrected chi connectivity index (χ0v) is 11.1. The van der Waals surface area contributed by atoms with Gasteiger partial charge in [0.2, 0.25) is 0 Å². The molecule has 0 saturated carbocycles. The summed E-state index contributed by atoms with van der Waals surface area (Å²) in [5, 5.41) is 0. The van der Waals surface area contributed by atoms with Gasteiger partial charge in [-0.25, -0.2) is 0 Å². The predicted octanol–water partition coefficient (Wildman–Crippen LogP) is 3.88. The summed E-state index contributed by atoms with van der Waals surface area (Å²) >= 11 is 0. The monoisotopic (exact) mass is 209 g/mol. The SMILES string of the molecule is C=CCC/C(=C\C)CN(C)C(C)C(C)C. The van der Waals surface area contributed by atoms with Crippen molar-refractivity contribution in [2.24, 2.45) is 5.92 Å².